The van der Waals surface area contributed by atoms with Crippen LogP contribution in [0.4, 0.5) is 0 Å². The number of halogens is 1. The molecule has 0 bridgehead atoms. The average molecular weight is 389 g/mol. The molecule has 0 spiro atoms. The first-order chi connectivity index (χ1) is 10.4. The van der Waals surface area contributed by atoms with Gasteiger partial charge in [-0.3, -0.25) is 0 Å². The van der Waals surface area contributed by atoms with Crippen molar-refractivity contribution in [1.29, 1.82) is 0 Å². The van der Waals surface area contributed by atoms with Crippen molar-refractivity contribution in [3.63, 3.8) is 0 Å². The van der Waals surface area contributed by atoms with Crippen LogP contribution in [0.1, 0.15) is 25.3 Å². The van der Waals surface area contributed by atoms with E-state index in [0.29, 0.717) is 25.4 Å². The lowest BCUT2D eigenvalue weighted by Gasteiger charge is -2.34. The minimum atomic E-state index is -3.55. The summed E-state index contributed by atoms with van der Waals surface area (Å²) in [5.41, 5.74) is 6.92. The third kappa shape index (κ3) is 2.91. The number of rotatable bonds is 3. The van der Waals surface area contributed by atoms with Crippen molar-refractivity contribution in [1.82, 2.24) is 4.31 Å². The Hall–Kier alpha value is -0.630. The maximum atomic E-state index is 13.1. The molecule has 3 rings (SSSR count). The van der Waals surface area contributed by atoms with Crippen LogP contribution >= 0.6 is 15.9 Å². The summed E-state index contributed by atoms with van der Waals surface area (Å²) in [6.45, 7) is 3.52. The predicted octanol–water partition coefficient (Wildman–Crippen LogP) is 2.13. The molecule has 5 nitrogen and oxygen atoms in total. The molecular formula is C15H21BrN2O3S. The Morgan fingerprint density at radius 2 is 2.23 bits per heavy atom. The third-order valence-electron chi connectivity index (χ3n) is 4.50. The zero-order valence-corrected chi connectivity index (χ0v) is 15.0. The van der Waals surface area contributed by atoms with Gasteiger partial charge in [0.05, 0.1) is 6.61 Å². The summed E-state index contributed by atoms with van der Waals surface area (Å²) in [6, 6.07) is 3.58. The number of nitrogens with zero attached hydrogens (tertiary/aromatic N) is 1. The van der Waals surface area contributed by atoms with E-state index < -0.39 is 10.0 Å². The summed E-state index contributed by atoms with van der Waals surface area (Å²) in [5, 5.41) is 0. The highest BCUT2D eigenvalue weighted by molar-refractivity contribution is 9.10. The van der Waals surface area contributed by atoms with Crippen LogP contribution in [-0.4, -0.2) is 38.5 Å². The Morgan fingerprint density at radius 3 is 2.95 bits per heavy atom. The number of piperidine rings is 1. The molecular weight excluding hydrogens is 368 g/mol. The maximum absolute atomic E-state index is 13.1. The second-order valence-electron chi connectivity index (χ2n) is 6.12. The van der Waals surface area contributed by atoms with Gasteiger partial charge in [-0.25, -0.2) is 8.42 Å². The molecule has 1 aromatic rings. The topological polar surface area (TPSA) is 72.6 Å². The van der Waals surface area contributed by atoms with Gasteiger partial charge < -0.3 is 10.5 Å². The molecule has 2 N–H and O–H groups in total. The van der Waals surface area contributed by atoms with Gasteiger partial charge in [-0.2, -0.15) is 4.31 Å². The Bertz CT molecular complexity index is 676. The molecule has 7 heteroatoms. The number of hydrogen-bond acceptors (Lipinski definition) is 4. The number of nitrogens with two attached hydrogens (primary N) is 1. The molecule has 1 aromatic carbocycles. The van der Waals surface area contributed by atoms with Gasteiger partial charge in [0.2, 0.25) is 10.0 Å². The van der Waals surface area contributed by atoms with Gasteiger partial charge in [-0.15, -0.1) is 0 Å². The van der Waals surface area contributed by atoms with Gasteiger partial charge in [0.15, 0.2) is 0 Å². The Kier molecular flexibility index (Phi) is 4.51. The maximum Gasteiger partial charge on any atom is 0.246 e. The van der Waals surface area contributed by atoms with Crippen molar-refractivity contribution in [3.05, 3.63) is 22.2 Å². The standard InChI is InChI=1S/C15H21BrN2O3S/c1-10(17)12-3-2-5-18(9-12)22(19,20)14-8-13(16)7-11-4-6-21-15(11)14/h7-8,10,12H,2-6,9,17H2,1H3. The number of fused-ring (bicyclic) bond motifs is 1. The fourth-order valence-corrected chi connectivity index (χ4v) is 5.58. The van der Waals surface area contributed by atoms with Gasteiger partial charge in [0.1, 0.15) is 10.6 Å². The predicted molar refractivity (Wildman–Crippen MR) is 88.5 cm³/mol. The number of ether oxygens (including phenoxy) is 1. The first-order valence-corrected chi connectivity index (χ1v) is 9.84. The smallest absolute Gasteiger partial charge is 0.246 e. The molecule has 0 aromatic heterocycles. The second-order valence-corrected chi connectivity index (χ2v) is 8.94. The molecule has 22 heavy (non-hydrogen) atoms. The number of hydrogen-bond donors (Lipinski definition) is 1. The summed E-state index contributed by atoms with van der Waals surface area (Å²) in [5.74, 6) is 0.732. The van der Waals surface area contributed by atoms with E-state index in [1.54, 1.807) is 10.4 Å². The first-order valence-electron chi connectivity index (χ1n) is 7.60. The molecule has 2 aliphatic heterocycles. The Labute approximate surface area is 140 Å². The highest BCUT2D eigenvalue weighted by Crippen LogP contribution is 2.38. The van der Waals surface area contributed by atoms with E-state index in [0.717, 1.165) is 29.3 Å². The molecule has 0 amide bonds. The van der Waals surface area contributed by atoms with Crippen LogP contribution in [-0.2, 0) is 16.4 Å². The molecule has 2 unspecified atom stereocenters. The number of benzene rings is 1. The SMILES string of the molecule is CC(N)C1CCCN(S(=O)(=O)c2cc(Br)cc3c2OCC3)C1. The van der Waals surface area contributed by atoms with Crippen LogP contribution in [0.5, 0.6) is 5.75 Å². The normalized spacial score (nSPS) is 23.9. The van der Waals surface area contributed by atoms with Crippen molar-refractivity contribution in [3.8, 4) is 5.75 Å². The zero-order valence-electron chi connectivity index (χ0n) is 12.6. The lowest BCUT2D eigenvalue weighted by molar-refractivity contribution is 0.242. The molecule has 0 saturated carbocycles. The lowest BCUT2D eigenvalue weighted by atomic mass is 9.93. The number of sulfonamides is 1. The highest BCUT2D eigenvalue weighted by Gasteiger charge is 2.35. The largest absolute Gasteiger partial charge is 0.492 e. The minimum Gasteiger partial charge on any atom is -0.492 e. The zero-order chi connectivity index (χ0) is 15.9. The molecule has 0 radical (unpaired) electrons. The van der Waals surface area contributed by atoms with E-state index in [1.165, 1.54) is 0 Å². The average Bonchev–Trinajstić information content (AvgIpc) is 2.94. The van der Waals surface area contributed by atoms with Crippen LogP contribution in [0.25, 0.3) is 0 Å². The molecule has 2 heterocycles. The van der Waals surface area contributed by atoms with Crippen LogP contribution in [0.3, 0.4) is 0 Å². The molecule has 1 saturated heterocycles. The molecule has 0 aliphatic carbocycles. The van der Waals surface area contributed by atoms with Gasteiger partial charge in [-0.1, -0.05) is 15.9 Å². The van der Waals surface area contributed by atoms with Crippen LogP contribution in [0, 0.1) is 5.92 Å². The highest BCUT2D eigenvalue weighted by atomic mass is 79.9. The van der Waals surface area contributed by atoms with Crippen LogP contribution < -0.4 is 10.5 Å². The Balaban J connectivity index is 1.97. The van der Waals surface area contributed by atoms with Gasteiger partial charge in [0, 0.05) is 35.6 Å². The molecule has 2 atom stereocenters. The summed E-state index contributed by atoms with van der Waals surface area (Å²) >= 11 is 3.41. The summed E-state index contributed by atoms with van der Waals surface area (Å²) < 4.78 is 34.0. The van der Waals surface area contributed by atoms with Gasteiger partial charge in [0.25, 0.3) is 0 Å². The monoisotopic (exact) mass is 388 g/mol. The Morgan fingerprint density at radius 1 is 1.45 bits per heavy atom. The fourth-order valence-electron chi connectivity index (χ4n) is 3.19. The van der Waals surface area contributed by atoms with E-state index in [2.05, 4.69) is 15.9 Å². The summed E-state index contributed by atoms with van der Waals surface area (Å²) in [4.78, 5) is 0.277. The fraction of sp³-hybridized carbons (Fsp3) is 0.600. The molecule has 2 aliphatic rings. The summed E-state index contributed by atoms with van der Waals surface area (Å²) in [7, 11) is -3.55. The first kappa shape index (κ1) is 16.2. The minimum absolute atomic E-state index is 0.00229. The van der Waals surface area contributed by atoms with Crippen molar-refractivity contribution < 1.29 is 13.2 Å². The van der Waals surface area contributed by atoms with Gasteiger partial charge in [-0.05, 0) is 37.8 Å². The molecule has 122 valence electrons. The van der Waals surface area contributed by atoms with E-state index in [1.807, 2.05) is 13.0 Å². The van der Waals surface area contributed by atoms with Crippen LogP contribution in [0.15, 0.2) is 21.5 Å². The van der Waals surface area contributed by atoms with Gasteiger partial charge >= 0.3 is 0 Å². The molecule has 1 fully saturated rings. The lowest BCUT2D eigenvalue weighted by Crippen LogP contribution is -2.45. The quantitative estimate of drug-likeness (QED) is 0.860. The van der Waals surface area contributed by atoms with Crippen molar-refractivity contribution in [2.45, 2.75) is 37.1 Å². The van der Waals surface area contributed by atoms with Crippen LogP contribution in [0.2, 0.25) is 0 Å². The third-order valence-corrected chi connectivity index (χ3v) is 6.82. The van der Waals surface area contributed by atoms with Crippen molar-refractivity contribution in [2.75, 3.05) is 19.7 Å². The van der Waals surface area contributed by atoms with E-state index in [4.69, 9.17) is 10.5 Å². The van der Waals surface area contributed by atoms with E-state index in [-0.39, 0.29) is 16.9 Å². The van der Waals surface area contributed by atoms with E-state index >= 15 is 0 Å². The van der Waals surface area contributed by atoms with E-state index in [9.17, 15) is 8.42 Å². The van der Waals surface area contributed by atoms with Crippen molar-refractivity contribution in [2.24, 2.45) is 11.7 Å². The van der Waals surface area contributed by atoms with Crippen molar-refractivity contribution >= 4 is 26.0 Å². The second kappa shape index (κ2) is 6.11. The summed E-state index contributed by atoms with van der Waals surface area (Å²) in [6.07, 6.45) is 2.58.